The van der Waals surface area contributed by atoms with Crippen LogP contribution in [0.1, 0.15) is 38.2 Å². The maximum absolute atomic E-state index is 12.5. The van der Waals surface area contributed by atoms with Crippen molar-refractivity contribution in [2.75, 3.05) is 18.5 Å². The van der Waals surface area contributed by atoms with Crippen LogP contribution in [-0.4, -0.2) is 56.1 Å². The summed E-state index contributed by atoms with van der Waals surface area (Å²) in [5.41, 5.74) is 6.22. The number of aliphatic hydroxyl groups excluding tert-OH is 1. The van der Waals surface area contributed by atoms with E-state index in [9.17, 15) is 14.7 Å². The number of carbonyl (C=O) groups excluding carboxylic acids is 2. The highest BCUT2D eigenvalue weighted by molar-refractivity contribution is 7.19. The van der Waals surface area contributed by atoms with Crippen LogP contribution in [0.2, 0.25) is 0 Å². The molecule has 3 amide bonds. The van der Waals surface area contributed by atoms with Crippen LogP contribution in [0.3, 0.4) is 0 Å². The van der Waals surface area contributed by atoms with Gasteiger partial charge in [0.25, 0.3) is 0 Å². The van der Waals surface area contributed by atoms with E-state index in [1.165, 1.54) is 16.2 Å². The van der Waals surface area contributed by atoms with Crippen molar-refractivity contribution in [2.24, 2.45) is 5.73 Å². The van der Waals surface area contributed by atoms with Gasteiger partial charge in [0.15, 0.2) is 5.13 Å². The number of hydrogen-bond donors (Lipinski definition) is 3. The Morgan fingerprint density at radius 1 is 1.43 bits per heavy atom. The minimum atomic E-state index is -0.578. The fourth-order valence-corrected chi connectivity index (χ4v) is 3.96. The lowest BCUT2D eigenvalue weighted by molar-refractivity contribution is -0.121. The fraction of sp³-hybridized carbons (Fsp3) is 0.500. The molecule has 0 radical (unpaired) electrons. The predicted octanol–water partition coefficient (Wildman–Crippen LogP) is 1.66. The second-order valence-electron chi connectivity index (χ2n) is 7.42. The number of likely N-dealkylation sites (tertiary alicyclic amines) is 1. The van der Waals surface area contributed by atoms with Crippen molar-refractivity contribution in [2.45, 2.75) is 45.1 Å². The average Bonchev–Trinajstić information content (AvgIpc) is 3.28. The van der Waals surface area contributed by atoms with Gasteiger partial charge in [-0.05, 0) is 25.8 Å². The van der Waals surface area contributed by atoms with E-state index >= 15 is 0 Å². The molecular weight excluding hydrogens is 380 g/mol. The van der Waals surface area contributed by atoms with E-state index in [0.29, 0.717) is 29.6 Å². The molecular formula is C18H24N6O3S. The Bertz CT molecular complexity index is 897. The second kappa shape index (κ2) is 7.80. The minimum absolute atomic E-state index is 0.0731. The van der Waals surface area contributed by atoms with Crippen molar-refractivity contribution < 1.29 is 14.7 Å². The summed E-state index contributed by atoms with van der Waals surface area (Å²) < 4.78 is 0. The zero-order valence-electron chi connectivity index (χ0n) is 16.1. The topological polar surface area (TPSA) is 134 Å². The molecule has 2 aromatic rings. The second-order valence-corrected chi connectivity index (χ2v) is 8.42. The standard InChI is InChI=1S/C18H24N6O3S/c1-10-13(11-6-7-20-15(22-11)18(2,3)9-25)28-16(21-10)23-17(27)24-8-4-5-12(24)14(19)26/h6-7,12,25H,4-5,8-9H2,1-3H3,(H2,19,26)(H,21,23,27)/t12-/m0/s1. The van der Waals surface area contributed by atoms with Crippen molar-refractivity contribution in [3.8, 4) is 10.6 Å². The number of aliphatic hydroxyl groups is 1. The Hall–Kier alpha value is -2.59. The summed E-state index contributed by atoms with van der Waals surface area (Å²) in [6.07, 6.45) is 2.97. The molecule has 9 nitrogen and oxygen atoms in total. The maximum Gasteiger partial charge on any atom is 0.324 e. The molecule has 1 aliphatic rings. The number of nitrogens with zero attached hydrogens (tertiary/aromatic N) is 4. The molecule has 0 aromatic carbocycles. The van der Waals surface area contributed by atoms with Crippen LogP contribution < -0.4 is 11.1 Å². The van der Waals surface area contributed by atoms with Crippen LogP contribution in [0.5, 0.6) is 0 Å². The van der Waals surface area contributed by atoms with Gasteiger partial charge in [-0.25, -0.2) is 19.7 Å². The molecule has 0 aliphatic carbocycles. The average molecular weight is 404 g/mol. The van der Waals surface area contributed by atoms with Crippen molar-refractivity contribution in [1.82, 2.24) is 19.9 Å². The molecule has 3 heterocycles. The summed E-state index contributed by atoms with van der Waals surface area (Å²) >= 11 is 1.30. The zero-order chi connectivity index (χ0) is 20.5. The lowest BCUT2D eigenvalue weighted by Gasteiger charge is -2.21. The largest absolute Gasteiger partial charge is 0.395 e. The van der Waals surface area contributed by atoms with E-state index < -0.39 is 17.4 Å². The van der Waals surface area contributed by atoms with Gasteiger partial charge >= 0.3 is 6.03 Å². The van der Waals surface area contributed by atoms with Crippen LogP contribution in [0.4, 0.5) is 9.93 Å². The van der Waals surface area contributed by atoms with E-state index in [0.717, 1.165) is 17.0 Å². The molecule has 1 aliphatic heterocycles. The number of rotatable bonds is 5. The Morgan fingerprint density at radius 2 is 2.18 bits per heavy atom. The highest BCUT2D eigenvalue weighted by atomic mass is 32.1. The van der Waals surface area contributed by atoms with E-state index in [1.807, 2.05) is 20.8 Å². The van der Waals surface area contributed by atoms with Gasteiger partial charge in [0.2, 0.25) is 5.91 Å². The number of aromatic nitrogens is 3. The van der Waals surface area contributed by atoms with Gasteiger partial charge in [0.1, 0.15) is 11.9 Å². The quantitative estimate of drug-likeness (QED) is 0.694. The fourth-order valence-electron chi connectivity index (χ4n) is 3.04. The van der Waals surface area contributed by atoms with Gasteiger partial charge in [-0.15, -0.1) is 0 Å². The summed E-state index contributed by atoms with van der Waals surface area (Å²) in [6, 6.07) is 0.809. The Morgan fingerprint density at radius 3 is 2.86 bits per heavy atom. The maximum atomic E-state index is 12.5. The summed E-state index contributed by atoms with van der Waals surface area (Å²) in [5.74, 6) is 0.0379. The summed E-state index contributed by atoms with van der Waals surface area (Å²) in [7, 11) is 0. The number of nitrogens with one attached hydrogen (secondary N) is 1. The van der Waals surface area contributed by atoms with Crippen molar-refractivity contribution in [3.05, 3.63) is 23.8 Å². The number of carbonyl (C=O) groups is 2. The summed E-state index contributed by atoms with van der Waals surface area (Å²) in [4.78, 5) is 39.5. The lowest BCUT2D eigenvalue weighted by atomic mass is 9.94. The van der Waals surface area contributed by atoms with E-state index in [2.05, 4.69) is 20.3 Å². The summed E-state index contributed by atoms with van der Waals surface area (Å²) in [6.45, 7) is 5.98. The monoisotopic (exact) mass is 404 g/mol. The Balaban J connectivity index is 1.81. The van der Waals surface area contributed by atoms with E-state index in [1.54, 1.807) is 12.3 Å². The van der Waals surface area contributed by atoms with Crippen LogP contribution in [0.15, 0.2) is 12.3 Å². The lowest BCUT2D eigenvalue weighted by Crippen LogP contribution is -2.45. The molecule has 1 saturated heterocycles. The Labute approximate surface area is 167 Å². The van der Waals surface area contributed by atoms with Gasteiger partial charge in [-0.2, -0.15) is 0 Å². The first kappa shape index (κ1) is 20.2. The minimum Gasteiger partial charge on any atom is -0.395 e. The smallest absolute Gasteiger partial charge is 0.324 e. The number of aryl methyl sites for hydroxylation is 1. The molecule has 1 atom stereocenters. The van der Waals surface area contributed by atoms with E-state index in [4.69, 9.17) is 5.73 Å². The molecule has 28 heavy (non-hydrogen) atoms. The Kier molecular flexibility index (Phi) is 5.61. The highest BCUT2D eigenvalue weighted by Crippen LogP contribution is 2.33. The first-order chi connectivity index (χ1) is 13.2. The molecule has 0 saturated carbocycles. The van der Waals surface area contributed by atoms with Gasteiger partial charge in [-0.3, -0.25) is 10.1 Å². The number of anilines is 1. The first-order valence-corrected chi connectivity index (χ1v) is 9.83. The SMILES string of the molecule is Cc1nc(NC(=O)N2CCC[C@H]2C(N)=O)sc1-c1ccnc(C(C)(C)CO)n1. The van der Waals surface area contributed by atoms with Crippen molar-refractivity contribution in [3.63, 3.8) is 0 Å². The molecule has 1 fully saturated rings. The molecule has 0 spiro atoms. The normalized spacial score (nSPS) is 17.0. The number of nitrogens with two attached hydrogens (primary N) is 1. The molecule has 2 aromatic heterocycles. The van der Waals surface area contributed by atoms with Crippen molar-refractivity contribution >= 4 is 28.4 Å². The van der Waals surface area contributed by atoms with Crippen LogP contribution in [0, 0.1) is 6.92 Å². The zero-order valence-corrected chi connectivity index (χ0v) is 16.9. The van der Waals surface area contributed by atoms with Crippen molar-refractivity contribution in [1.29, 1.82) is 0 Å². The molecule has 0 unspecified atom stereocenters. The highest BCUT2D eigenvalue weighted by Gasteiger charge is 2.33. The summed E-state index contributed by atoms with van der Waals surface area (Å²) in [5, 5.41) is 12.7. The predicted molar refractivity (Wildman–Crippen MR) is 106 cm³/mol. The molecule has 0 bridgehead atoms. The van der Waals surface area contributed by atoms with Gasteiger partial charge in [0.05, 0.1) is 22.9 Å². The number of urea groups is 1. The number of primary amides is 1. The van der Waals surface area contributed by atoms with Crippen LogP contribution >= 0.6 is 11.3 Å². The van der Waals surface area contributed by atoms with Gasteiger partial charge < -0.3 is 15.7 Å². The number of hydrogen-bond acceptors (Lipinski definition) is 7. The molecule has 4 N–H and O–H groups in total. The van der Waals surface area contributed by atoms with Gasteiger partial charge in [-0.1, -0.05) is 25.2 Å². The number of thiazole rings is 1. The van der Waals surface area contributed by atoms with Crippen LogP contribution in [0.25, 0.3) is 10.6 Å². The number of amides is 3. The third-order valence-corrected chi connectivity index (χ3v) is 5.84. The van der Waals surface area contributed by atoms with Crippen LogP contribution in [-0.2, 0) is 10.2 Å². The molecule has 3 rings (SSSR count). The van der Waals surface area contributed by atoms with Gasteiger partial charge in [0, 0.05) is 18.2 Å². The third kappa shape index (κ3) is 3.97. The van der Waals surface area contributed by atoms with E-state index in [-0.39, 0.29) is 12.6 Å². The molecule has 10 heteroatoms. The first-order valence-electron chi connectivity index (χ1n) is 9.02. The third-order valence-electron chi connectivity index (χ3n) is 4.74. The molecule has 150 valence electrons.